The van der Waals surface area contributed by atoms with E-state index in [2.05, 4.69) is 11.8 Å². The van der Waals surface area contributed by atoms with Crippen molar-refractivity contribution in [2.45, 2.75) is 19.8 Å². The van der Waals surface area contributed by atoms with Gasteiger partial charge in [-0.2, -0.15) is 0 Å². The summed E-state index contributed by atoms with van der Waals surface area (Å²) in [6.45, 7) is 7.10. The Labute approximate surface area is 69.7 Å². The highest BCUT2D eigenvalue weighted by Crippen LogP contribution is 1.91. The predicted octanol–water partition coefficient (Wildman–Crippen LogP) is 0.00590. The van der Waals surface area contributed by atoms with E-state index in [1.807, 2.05) is 0 Å². The fourth-order valence-electron chi connectivity index (χ4n) is 1.06. The lowest BCUT2D eigenvalue weighted by Crippen LogP contribution is -2.28. The van der Waals surface area contributed by atoms with Crippen LogP contribution in [0.15, 0.2) is 0 Å². The molecule has 0 saturated heterocycles. The second-order valence-electron chi connectivity index (χ2n) is 2.72. The van der Waals surface area contributed by atoms with Crippen LogP contribution in [0.4, 0.5) is 0 Å². The molecule has 0 rings (SSSR count). The van der Waals surface area contributed by atoms with Crippen LogP contribution in [0.25, 0.3) is 0 Å². The fourth-order valence-corrected chi connectivity index (χ4v) is 1.06. The van der Waals surface area contributed by atoms with E-state index >= 15 is 0 Å². The maximum atomic E-state index is 5.41. The molecule has 68 valence electrons. The molecule has 0 spiro atoms. The predicted molar refractivity (Wildman–Crippen MR) is 49.5 cm³/mol. The Morgan fingerprint density at radius 3 is 1.73 bits per heavy atom. The SMILES string of the molecule is CCN(CCCN)CCCN. The lowest BCUT2D eigenvalue weighted by molar-refractivity contribution is 0.284. The molecule has 0 bridgehead atoms. The zero-order valence-corrected chi connectivity index (χ0v) is 7.55. The first-order valence-corrected chi connectivity index (χ1v) is 4.47. The van der Waals surface area contributed by atoms with E-state index in [1.165, 1.54) is 0 Å². The van der Waals surface area contributed by atoms with Crippen LogP contribution in [0.1, 0.15) is 19.8 Å². The van der Waals surface area contributed by atoms with Gasteiger partial charge in [-0.1, -0.05) is 6.92 Å². The van der Waals surface area contributed by atoms with Crippen LogP contribution < -0.4 is 11.5 Å². The van der Waals surface area contributed by atoms with E-state index in [0.717, 1.165) is 45.6 Å². The molecule has 0 saturated carbocycles. The van der Waals surface area contributed by atoms with Crippen molar-refractivity contribution in [2.75, 3.05) is 32.7 Å². The van der Waals surface area contributed by atoms with Crippen molar-refractivity contribution in [1.82, 2.24) is 4.90 Å². The van der Waals surface area contributed by atoms with Crippen LogP contribution in [-0.4, -0.2) is 37.6 Å². The average Bonchev–Trinajstić information content (AvgIpc) is 2.05. The van der Waals surface area contributed by atoms with E-state index in [9.17, 15) is 0 Å². The second-order valence-corrected chi connectivity index (χ2v) is 2.72. The van der Waals surface area contributed by atoms with Crippen molar-refractivity contribution < 1.29 is 0 Å². The van der Waals surface area contributed by atoms with Gasteiger partial charge in [0, 0.05) is 0 Å². The monoisotopic (exact) mass is 159 g/mol. The average molecular weight is 159 g/mol. The standard InChI is InChI=1S/C8H21N3/c1-2-11(7-3-5-9)8-4-6-10/h2-10H2,1H3. The maximum Gasteiger partial charge on any atom is -0.000683 e. The molecule has 0 aromatic rings. The van der Waals surface area contributed by atoms with E-state index in [-0.39, 0.29) is 0 Å². The number of hydrogen-bond acceptors (Lipinski definition) is 3. The van der Waals surface area contributed by atoms with Gasteiger partial charge in [-0.25, -0.2) is 0 Å². The molecule has 0 aliphatic rings. The summed E-state index contributed by atoms with van der Waals surface area (Å²) in [5, 5.41) is 0. The van der Waals surface area contributed by atoms with Crippen molar-refractivity contribution in [3.8, 4) is 0 Å². The Balaban J connectivity index is 3.25. The van der Waals surface area contributed by atoms with Crippen molar-refractivity contribution in [1.29, 1.82) is 0 Å². The van der Waals surface area contributed by atoms with Crippen LogP contribution in [0.3, 0.4) is 0 Å². The highest BCUT2D eigenvalue weighted by Gasteiger charge is 1.98. The first-order chi connectivity index (χ1) is 5.35. The van der Waals surface area contributed by atoms with Gasteiger partial charge in [-0.15, -0.1) is 0 Å². The molecule has 11 heavy (non-hydrogen) atoms. The third-order valence-corrected chi connectivity index (χ3v) is 1.80. The van der Waals surface area contributed by atoms with Crippen molar-refractivity contribution >= 4 is 0 Å². The van der Waals surface area contributed by atoms with Crippen molar-refractivity contribution in [2.24, 2.45) is 11.5 Å². The molecule has 0 heterocycles. The van der Waals surface area contributed by atoms with Gasteiger partial charge in [0.1, 0.15) is 0 Å². The number of nitrogens with two attached hydrogens (primary N) is 2. The molecular weight excluding hydrogens is 138 g/mol. The van der Waals surface area contributed by atoms with Gasteiger partial charge in [-0.05, 0) is 45.6 Å². The summed E-state index contributed by atoms with van der Waals surface area (Å²) in [7, 11) is 0. The summed E-state index contributed by atoms with van der Waals surface area (Å²) in [4.78, 5) is 2.39. The Morgan fingerprint density at radius 2 is 1.45 bits per heavy atom. The van der Waals surface area contributed by atoms with Crippen LogP contribution >= 0.6 is 0 Å². The minimum Gasteiger partial charge on any atom is -0.330 e. The van der Waals surface area contributed by atoms with Gasteiger partial charge < -0.3 is 16.4 Å². The Hall–Kier alpha value is -0.120. The molecule has 0 unspecified atom stereocenters. The van der Waals surface area contributed by atoms with Crippen LogP contribution in [0.5, 0.6) is 0 Å². The Morgan fingerprint density at radius 1 is 1.00 bits per heavy atom. The number of hydrogen-bond donors (Lipinski definition) is 2. The third-order valence-electron chi connectivity index (χ3n) is 1.80. The number of rotatable bonds is 7. The summed E-state index contributed by atoms with van der Waals surface area (Å²) in [6, 6.07) is 0. The highest BCUT2D eigenvalue weighted by atomic mass is 15.1. The van der Waals surface area contributed by atoms with Gasteiger partial charge >= 0.3 is 0 Å². The van der Waals surface area contributed by atoms with E-state index < -0.39 is 0 Å². The Bertz CT molecular complexity index is 67.7. The summed E-state index contributed by atoms with van der Waals surface area (Å²) in [5.41, 5.74) is 10.8. The smallest absolute Gasteiger partial charge is 0.000683 e. The second kappa shape index (κ2) is 7.98. The topological polar surface area (TPSA) is 55.3 Å². The summed E-state index contributed by atoms with van der Waals surface area (Å²) < 4.78 is 0. The molecular formula is C8H21N3. The minimum absolute atomic E-state index is 0.791. The molecule has 0 radical (unpaired) electrons. The van der Waals surface area contributed by atoms with Crippen LogP contribution in [0, 0.1) is 0 Å². The van der Waals surface area contributed by atoms with Gasteiger partial charge in [0.2, 0.25) is 0 Å². The van der Waals surface area contributed by atoms with E-state index in [0.29, 0.717) is 0 Å². The molecule has 0 aromatic heterocycles. The first kappa shape index (κ1) is 10.9. The lowest BCUT2D eigenvalue weighted by Gasteiger charge is -2.19. The van der Waals surface area contributed by atoms with Crippen LogP contribution in [0.2, 0.25) is 0 Å². The normalized spacial score (nSPS) is 10.9. The third kappa shape index (κ3) is 6.28. The van der Waals surface area contributed by atoms with Gasteiger partial charge in [0.25, 0.3) is 0 Å². The molecule has 0 amide bonds. The largest absolute Gasteiger partial charge is 0.330 e. The van der Waals surface area contributed by atoms with Crippen LogP contribution in [-0.2, 0) is 0 Å². The van der Waals surface area contributed by atoms with Gasteiger partial charge in [-0.3, -0.25) is 0 Å². The summed E-state index contributed by atoms with van der Waals surface area (Å²) in [6.07, 6.45) is 2.19. The summed E-state index contributed by atoms with van der Waals surface area (Å²) >= 11 is 0. The number of nitrogens with zero attached hydrogens (tertiary/aromatic N) is 1. The lowest BCUT2D eigenvalue weighted by atomic mass is 10.3. The quantitative estimate of drug-likeness (QED) is 0.550. The molecule has 0 atom stereocenters. The van der Waals surface area contributed by atoms with Gasteiger partial charge in [0.15, 0.2) is 0 Å². The molecule has 3 heteroatoms. The molecule has 3 nitrogen and oxygen atoms in total. The maximum absolute atomic E-state index is 5.41. The Kier molecular flexibility index (Phi) is 7.89. The van der Waals surface area contributed by atoms with Crippen molar-refractivity contribution in [3.63, 3.8) is 0 Å². The molecule has 4 N–H and O–H groups in total. The zero-order valence-electron chi connectivity index (χ0n) is 7.55. The molecule has 0 aliphatic heterocycles. The molecule has 0 aliphatic carbocycles. The zero-order chi connectivity index (χ0) is 8.53. The highest BCUT2D eigenvalue weighted by molar-refractivity contribution is 4.55. The molecule has 0 aromatic carbocycles. The van der Waals surface area contributed by atoms with Crippen molar-refractivity contribution in [3.05, 3.63) is 0 Å². The van der Waals surface area contributed by atoms with E-state index in [1.54, 1.807) is 0 Å². The van der Waals surface area contributed by atoms with E-state index in [4.69, 9.17) is 11.5 Å². The van der Waals surface area contributed by atoms with Gasteiger partial charge in [0.05, 0.1) is 0 Å². The first-order valence-electron chi connectivity index (χ1n) is 4.47. The minimum atomic E-state index is 0.791. The molecule has 0 fully saturated rings. The fraction of sp³-hybridized carbons (Fsp3) is 1.00. The summed E-state index contributed by atoms with van der Waals surface area (Å²) in [5.74, 6) is 0.